The molecule has 0 aliphatic heterocycles. The van der Waals surface area contributed by atoms with Gasteiger partial charge in [-0.25, -0.2) is 4.98 Å². The van der Waals surface area contributed by atoms with Crippen LogP contribution in [0.2, 0.25) is 0 Å². The van der Waals surface area contributed by atoms with Crippen LogP contribution in [-0.2, 0) is 10.2 Å². The number of pyridine rings is 1. The van der Waals surface area contributed by atoms with Gasteiger partial charge in [0.25, 0.3) is 0 Å². The highest BCUT2D eigenvalue weighted by Crippen LogP contribution is 2.31. The molecule has 1 N–H and O–H groups in total. The molecule has 3 rings (SSSR count). The van der Waals surface area contributed by atoms with Crippen molar-refractivity contribution in [3.8, 4) is 5.75 Å². The summed E-state index contributed by atoms with van der Waals surface area (Å²) in [6.07, 6.45) is 4.61. The molecule has 142 valence electrons. The summed E-state index contributed by atoms with van der Waals surface area (Å²) in [4.78, 5) is 16.4. The average Bonchev–Trinajstić information content (AvgIpc) is 3.02. The van der Waals surface area contributed by atoms with Crippen molar-refractivity contribution in [1.29, 1.82) is 0 Å². The molecule has 0 aliphatic rings. The van der Waals surface area contributed by atoms with Crippen molar-refractivity contribution in [2.24, 2.45) is 0 Å². The van der Waals surface area contributed by atoms with Gasteiger partial charge in [0.05, 0.1) is 22.8 Å². The number of hydrogen-bond acceptors (Lipinski definition) is 3. The molecule has 3 aromatic rings. The van der Waals surface area contributed by atoms with Crippen molar-refractivity contribution in [2.45, 2.75) is 39.0 Å². The van der Waals surface area contributed by atoms with E-state index in [-0.39, 0.29) is 11.3 Å². The number of amides is 1. The number of halogens is 1. The van der Waals surface area contributed by atoms with E-state index in [1.165, 1.54) is 5.56 Å². The number of hydrogen-bond donors (Lipinski definition) is 1. The second-order valence-corrected chi connectivity index (χ2v) is 8.33. The van der Waals surface area contributed by atoms with Gasteiger partial charge in [-0.05, 0) is 57.6 Å². The van der Waals surface area contributed by atoms with Crippen LogP contribution < -0.4 is 10.1 Å². The number of benzene rings is 1. The number of nitrogens with one attached hydrogen (secondary N) is 1. The van der Waals surface area contributed by atoms with Gasteiger partial charge in [0, 0.05) is 12.6 Å². The molecule has 1 amide bonds. The molecular weight excluding hydrogens is 406 g/mol. The molecule has 27 heavy (non-hydrogen) atoms. The van der Waals surface area contributed by atoms with Gasteiger partial charge in [0.1, 0.15) is 5.75 Å². The number of ether oxygens (including phenoxy) is 1. The Hall–Kier alpha value is -2.34. The first kappa shape index (κ1) is 19.4. The maximum absolute atomic E-state index is 12.2. The first-order valence-corrected chi connectivity index (χ1v) is 9.79. The minimum atomic E-state index is -0.0721. The van der Waals surface area contributed by atoms with Crippen LogP contribution in [0.4, 0.5) is 5.95 Å². The van der Waals surface area contributed by atoms with Crippen molar-refractivity contribution in [3.05, 3.63) is 58.8 Å². The first-order valence-electron chi connectivity index (χ1n) is 8.99. The van der Waals surface area contributed by atoms with E-state index in [2.05, 4.69) is 59.1 Å². The standard InChI is InChI=1S/C21H24BrN3O2/c1-21(2,3)15-9-10-18(17(22)13-15)27-12-6-8-19(26)24-20-23-14-16-7-4-5-11-25(16)20/h4-5,7,9-11,13-14H,6,8,12H2,1-3H3,(H,23,24,26). The zero-order valence-corrected chi connectivity index (χ0v) is 17.4. The van der Waals surface area contributed by atoms with E-state index in [1.54, 1.807) is 6.20 Å². The van der Waals surface area contributed by atoms with Crippen LogP contribution in [0.25, 0.3) is 5.52 Å². The van der Waals surface area contributed by atoms with Crippen molar-refractivity contribution in [2.75, 3.05) is 11.9 Å². The monoisotopic (exact) mass is 429 g/mol. The first-order chi connectivity index (χ1) is 12.8. The lowest BCUT2D eigenvalue weighted by molar-refractivity contribution is -0.116. The summed E-state index contributed by atoms with van der Waals surface area (Å²) in [5.74, 6) is 1.26. The number of fused-ring (bicyclic) bond motifs is 1. The summed E-state index contributed by atoms with van der Waals surface area (Å²) in [6.45, 7) is 7.01. The fourth-order valence-corrected chi connectivity index (χ4v) is 3.22. The minimum absolute atomic E-state index is 0.0721. The fraction of sp³-hybridized carbons (Fsp3) is 0.333. The smallest absolute Gasteiger partial charge is 0.226 e. The molecule has 0 saturated carbocycles. The quantitative estimate of drug-likeness (QED) is 0.548. The normalized spacial score (nSPS) is 11.6. The van der Waals surface area contributed by atoms with Gasteiger partial charge in [-0.2, -0.15) is 0 Å². The number of carbonyl (C=O) groups is 1. The molecule has 0 spiro atoms. The topological polar surface area (TPSA) is 55.6 Å². The molecule has 0 radical (unpaired) electrons. The fourth-order valence-electron chi connectivity index (χ4n) is 2.72. The number of anilines is 1. The lowest BCUT2D eigenvalue weighted by atomic mass is 9.87. The summed E-state index contributed by atoms with van der Waals surface area (Å²) >= 11 is 3.57. The van der Waals surface area contributed by atoms with Gasteiger partial charge < -0.3 is 4.74 Å². The van der Waals surface area contributed by atoms with E-state index in [9.17, 15) is 4.79 Å². The van der Waals surface area contributed by atoms with E-state index < -0.39 is 0 Å². The van der Waals surface area contributed by atoms with Crippen molar-refractivity contribution >= 4 is 33.3 Å². The van der Waals surface area contributed by atoms with Crippen LogP contribution in [0.15, 0.2) is 53.3 Å². The third kappa shape index (κ3) is 4.89. The van der Waals surface area contributed by atoms with Gasteiger partial charge in [-0.3, -0.25) is 14.5 Å². The largest absolute Gasteiger partial charge is 0.492 e. The third-order valence-electron chi connectivity index (χ3n) is 4.29. The predicted molar refractivity (Wildman–Crippen MR) is 111 cm³/mol. The van der Waals surface area contributed by atoms with Crippen molar-refractivity contribution in [1.82, 2.24) is 9.38 Å². The Morgan fingerprint density at radius 2 is 2.07 bits per heavy atom. The zero-order valence-electron chi connectivity index (χ0n) is 15.8. The maximum Gasteiger partial charge on any atom is 0.226 e. The number of carbonyl (C=O) groups excluding carboxylic acids is 1. The van der Waals surface area contributed by atoms with Gasteiger partial charge in [0.15, 0.2) is 0 Å². The van der Waals surface area contributed by atoms with Gasteiger partial charge >= 0.3 is 0 Å². The Labute approximate surface area is 167 Å². The van der Waals surface area contributed by atoms with Crippen LogP contribution in [0, 0.1) is 0 Å². The van der Waals surface area contributed by atoms with Crippen molar-refractivity contribution in [3.63, 3.8) is 0 Å². The van der Waals surface area contributed by atoms with Crippen LogP contribution >= 0.6 is 15.9 Å². The number of imidazole rings is 1. The highest BCUT2D eigenvalue weighted by atomic mass is 79.9. The Morgan fingerprint density at radius 3 is 2.81 bits per heavy atom. The lowest BCUT2D eigenvalue weighted by Crippen LogP contribution is -2.15. The van der Waals surface area contributed by atoms with E-state index in [0.717, 1.165) is 15.7 Å². The zero-order chi connectivity index (χ0) is 19.4. The summed E-state index contributed by atoms with van der Waals surface area (Å²) in [6, 6.07) is 11.9. The second kappa shape index (κ2) is 8.13. The molecule has 1 aromatic carbocycles. The molecule has 0 aliphatic carbocycles. The highest BCUT2D eigenvalue weighted by Gasteiger charge is 2.15. The average molecular weight is 430 g/mol. The molecule has 6 heteroatoms. The molecule has 0 atom stereocenters. The summed E-state index contributed by atoms with van der Waals surface area (Å²) in [5.41, 5.74) is 2.28. The maximum atomic E-state index is 12.2. The summed E-state index contributed by atoms with van der Waals surface area (Å²) in [7, 11) is 0. The van der Waals surface area contributed by atoms with Crippen LogP contribution in [0.1, 0.15) is 39.2 Å². The lowest BCUT2D eigenvalue weighted by Gasteiger charge is -2.20. The number of rotatable bonds is 6. The Balaban J connectivity index is 1.48. The highest BCUT2D eigenvalue weighted by molar-refractivity contribution is 9.10. The second-order valence-electron chi connectivity index (χ2n) is 7.47. The molecule has 2 aromatic heterocycles. The minimum Gasteiger partial charge on any atom is -0.492 e. The number of nitrogens with zero attached hydrogens (tertiary/aromatic N) is 2. The molecule has 0 unspecified atom stereocenters. The van der Waals surface area contributed by atoms with Gasteiger partial charge in [-0.1, -0.05) is 32.9 Å². The van der Waals surface area contributed by atoms with Crippen LogP contribution in [0.3, 0.4) is 0 Å². The Bertz CT molecular complexity index is 944. The molecule has 0 fully saturated rings. The van der Waals surface area contributed by atoms with E-state index >= 15 is 0 Å². The molecular formula is C21H24BrN3O2. The Morgan fingerprint density at radius 1 is 1.26 bits per heavy atom. The van der Waals surface area contributed by atoms with E-state index in [0.29, 0.717) is 25.4 Å². The van der Waals surface area contributed by atoms with Crippen molar-refractivity contribution < 1.29 is 9.53 Å². The molecule has 0 bridgehead atoms. The van der Waals surface area contributed by atoms with Crippen LogP contribution in [-0.4, -0.2) is 21.9 Å². The van der Waals surface area contributed by atoms with E-state index in [4.69, 9.17) is 4.74 Å². The van der Waals surface area contributed by atoms with Gasteiger partial charge in [0.2, 0.25) is 11.9 Å². The molecule has 0 saturated heterocycles. The number of aromatic nitrogens is 2. The Kier molecular flexibility index (Phi) is 5.85. The van der Waals surface area contributed by atoms with E-state index in [1.807, 2.05) is 34.9 Å². The third-order valence-corrected chi connectivity index (χ3v) is 4.91. The molecule has 5 nitrogen and oxygen atoms in total. The SMILES string of the molecule is CC(C)(C)c1ccc(OCCCC(=O)Nc2ncc3ccccn23)c(Br)c1. The predicted octanol–water partition coefficient (Wildman–Crippen LogP) is 5.19. The van der Waals surface area contributed by atoms with Crippen LogP contribution in [0.5, 0.6) is 5.75 Å². The summed E-state index contributed by atoms with van der Waals surface area (Å²) in [5, 5.41) is 2.85. The van der Waals surface area contributed by atoms with Gasteiger partial charge in [-0.15, -0.1) is 0 Å². The summed E-state index contributed by atoms with van der Waals surface area (Å²) < 4.78 is 8.60. The molecule has 2 heterocycles.